The number of hydrogen-bond donors (Lipinski definition) is 1. The van der Waals surface area contributed by atoms with Crippen molar-refractivity contribution in [1.82, 2.24) is 4.98 Å². The molecule has 20 heavy (non-hydrogen) atoms. The van der Waals surface area contributed by atoms with Crippen molar-refractivity contribution in [1.29, 1.82) is 0 Å². The molecule has 0 aliphatic rings. The van der Waals surface area contributed by atoms with E-state index in [9.17, 15) is 8.42 Å². The second-order valence-corrected chi connectivity index (χ2v) is 6.55. The summed E-state index contributed by atoms with van der Waals surface area (Å²) < 4.78 is 28.2. The van der Waals surface area contributed by atoms with Gasteiger partial charge in [-0.25, -0.2) is 13.4 Å². The van der Waals surface area contributed by atoms with E-state index in [1.54, 1.807) is 24.3 Å². The molecular formula is C13H13ClN2O3S. The van der Waals surface area contributed by atoms with E-state index in [2.05, 4.69) is 4.98 Å². The van der Waals surface area contributed by atoms with Gasteiger partial charge in [-0.05, 0) is 30.3 Å². The van der Waals surface area contributed by atoms with Gasteiger partial charge in [0.25, 0.3) is 0 Å². The maximum atomic E-state index is 11.3. The predicted octanol–water partition coefficient (Wildman–Crippen LogP) is 2.39. The number of hydrogen-bond acceptors (Lipinski definition) is 5. The number of pyridine rings is 1. The molecule has 1 aromatic heterocycles. The van der Waals surface area contributed by atoms with Crippen molar-refractivity contribution in [3.8, 4) is 11.6 Å². The van der Waals surface area contributed by atoms with Crippen LogP contribution in [0.4, 0.5) is 0 Å². The van der Waals surface area contributed by atoms with Crippen LogP contribution in [0.1, 0.15) is 5.69 Å². The first-order valence-corrected chi connectivity index (χ1v) is 8.00. The molecule has 0 fully saturated rings. The normalized spacial score (nSPS) is 11.3. The molecule has 0 saturated carbocycles. The molecule has 1 heterocycles. The van der Waals surface area contributed by atoms with E-state index in [4.69, 9.17) is 22.1 Å². The van der Waals surface area contributed by atoms with Gasteiger partial charge in [-0.2, -0.15) is 0 Å². The van der Waals surface area contributed by atoms with Gasteiger partial charge in [0.2, 0.25) is 5.88 Å². The Morgan fingerprint density at radius 2 is 1.85 bits per heavy atom. The van der Waals surface area contributed by atoms with Gasteiger partial charge in [0.05, 0.1) is 15.6 Å². The predicted molar refractivity (Wildman–Crippen MR) is 76.8 cm³/mol. The molecule has 0 spiro atoms. The highest BCUT2D eigenvalue weighted by atomic mass is 35.5. The molecule has 1 aromatic carbocycles. The smallest absolute Gasteiger partial charge is 0.219 e. The first kappa shape index (κ1) is 14.8. The van der Waals surface area contributed by atoms with E-state index in [1.165, 1.54) is 12.1 Å². The zero-order valence-corrected chi connectivity index (χ0v) is 12.3. The van der Waals surface area contributed by atoms with E-state index in [-0.39, 0.29) is 11.4 Å². The van der Waals surface area contributed by atoms with Gasteiger partial charge in [0.15, 0.2) is 9.84 Å². The highest BCUT2D eigenvalue weighted by Gasteiger charge is 2.08. The lowest BCUT2D eigenvalue weighted by Crippen LogP contribution is -2.01. The monoisotopic (exact) mass is 312 g/mol. The number of benzene rings is 1. The number of aromatic nitrogens is 1. The van der Waals surface area contributed by atoms with Crippen LogP contribution in [0.25, 0.3) is 0 Å². The molecule has 0 saturated heterocycles. The van der Waals surface area contributed by atoms with Gasteiger partial charge in [-0.1, -0.05) is 11.6 Å². The van der Waals surface area contributed by atoms with Crippen LogP contribution in [0, 0.1) is 0 Å². The summed E-state index contributed by atoms with van der Waals surface area (Å²) in [5.74, 6) is 0.831. The molecule has 0 radical (unpaired) electrons. The summed E-state index contributed by atoms with van der Waals surface area (Å²) in [5, 5.41) is 0.479. The van der Waals surface area contributed by atoms with E-state index >= 15 is 0 Å². The summed E-state index contributed by atoms with van der Waals surface area (Å²) >= 11 is 5.91. The largest absolute Gasteiger partial charge is 0.439 e. The number of nitrogens with two attached hydrogens (primary N) is 1. The topological polar surface area (TPSA) is 82.3 Å². The number of nitrogens with zero attached hydrogens (tertiary/aromatic N) is 1. The minimum absolute atomic E-state index is 0.211. The Kier molecular flexibility index (Phi) is 4.27. The number of sulfone groups is 1. The van der Waals surface area contributed by atoms with E-state index in [0.717, 1.165) is 6.26 Å². The summed E-state index contributed by atoms with van der Waals surface area (Å²) in [7, 11) is -3.21. The third-order valence-corrected chi connectivity index (χ3v) is 4.03. The van der Waals surface area contributed by atoms with Crippen molar-refractivity contribution in [2.45, 2.75) is 11.4 Å². The second-order valence-electron chi connectivity index (χ2n) is 4.13. The molecule has 106 valence electrons. The van der Waals surface area contributed by atoms with Crippen molar-refractivity contribution in [2.24, 2.45) is 5.73 Å². The highest BCUT2D eigenvalue weighted by molar-refractivity contribution is 7.90. The van der Waals surface area contributed by atoms with Crippen molar-refractivity contribution < 1.29 is 13.2 Å². The molecule has 5 nitrogen and oxygen atoms in total. The maximum absolute atomic E-state index is 11.3. The first-order chi connectivity index (χ1) is 9.40. The van der Waals surface area contributed by atoms with Crippen molar-refractivity contribution >= 4 is 21.4 Å². The molecule has 0 unspecified atom stereocenters. The molecule has 7 heteroatoms. The van der Waals surface area contributed by atoms with Gasteiger partial charge >= 0.3 is 0 Å². The van der Waals surface area contributed by atoms with Gasteiger partial charge in [-0.3, -0.25) is 0 Å². The minimum atomic E-state index is -3.21. The lowest BCUT2D eigenvalue weighted by atomic mass is 10.3. The summed E-state index contributed by atoms with van der Waals surface area (Å²) in [6.45, 7) is 0.211. The van der Waals surface area contributed by atoms with E-state index in [0.29, 0.717) is 22.3 Å². The molecule has 0 aliphatic carbocycles. The third kappa shape index (κ3) is 3.47. The quantitative estimate of drug-likeness (QED) is 0.937. The molecule has 0 bridgehead atoms. The Bertz CT molecular complexity index is 715. The van der Waals surface area contributed by atoms with E-state index in [1.807, 2.05) is 0 Å². The van der Waals surface area contributed by atoms with Gasteiger partial charge in [0, 0.05) is 18.9 Å². The molecule has 2 rings (SSSR count). The average Bonchev–Trinajstić information content (AvgIpc) is 2.40. The maximum Gasteiger partial charge on any atom is 0.219 e. The van der Waals surface area contributed by atoms with E-state index < -0.39 is 9.84 Å². The Hall–Kier alpha value is -1.63. The Morgan fingerprint density at radius 1 is 1.20 bits per heavy atom. The molecular weight excluding hydrogens is 300 g/mol. The number of halogens is 1. The zero-order valence-electron chi connectivity index (χ0n) is 10.7. The number of ether oxygens (including phenoxy) is 1. The molecule has 0 amide bonds. The van der Waals surface area contributed by atoms with Crippen LogP contribution >= 0.6 is 11.6 Å². The SMILES string of the molecule is CS(=O)(=O)c1ccc(Oc2ccc(Cl)c(CN)n2)cc1. The molecule has 0 aliphatic heterocycles. The van der Waals surface area contributed by atoms with Crippen LogP contribution in [0.15, 0.2) is 41.3 Å². The van der Waals surface area contributed by atoms with Crippen LogP contribution < -0.4 is 10.5 Å². The average molecular weight is 313 g/mol. The van der Waals surface area contributed by atoms with Gasteiger partial charge in [0.1, 0.15) is 5.75 Å². The van der Waals surface area contributed by atoms with Crippen molar-refractivity contribution in [2.75, 3.05) is 6.26 Å². The van der Waals surface area contributed by atoms with Gasteiger partial charge in [-0.15, -0.1) is 0 Å². The minimum Gasteiger partial charge on any atom is -0.439 e. The van der Waals surface area contributed by atoms with Crippen molar-refractivity contribution in [3.05, 3.63) is 47.1 Å². The Balaban J connectivity index is 2.22. The summed E-state index contributed by atoms with van der Waals surface area (Å²) in [6, 6.07) is 9.35. The summed E-state index contributed by atoms with van der Waals surface area (Å²) in [5.41, 5.74) is 6.05. The van der Waals surface area contributed by atoms with Crippen LogP contribution in [0.3, 0.4) is 0 Å². The summed E-state index contributed by atoms with van der Waals surface area (Å²) in [4.78, 5) is 4.39. The van der Waals surface area contributed by atoms with Crippen LogP contribution in [-0.4, -0.2) is 19.7 Å². The van der Waals surface area contributed by atoms with Gasteiger partial charge < -0.3 is 10.5 Å². The van der Waals surface area contributed by atoms with Crippen LogP contribution in [0.2, 0.25) is 5.02 Å². The first-order valence-electron chi connectivity index (χ1n) is 5.73. The van der Waals surface area contributed by atoms with Crippen molar-refractivity contribution in [3.63, 3.8) is 0 Å². The molecule has 0 atom stereocenters. The van der Waals surface area contributed by atoms with Crippen LogP contribution in [-0.2, 0) is 16.4 Å². The molecule has 2 aromatic rings. The standard InChI is InChI=1S/C13H13ClN2O3S/c1-20(17,18)10-4-2-9(3-5-10)19-13-7-6-11(14)12(8-15)16-13/h2-7H,8,15H2,1H3. The highest BCUT2D eigenvalue weighted by Crippen LogP contribution is 2.24. The fourth-order valence-corrected chi connectivity index (χ4v) is 2.35. The third-order valence-electron chi connectivity index (χ3n) is 2.56. The number of rotatable bonds is 4. The fourth-order valence-electron chi connectivity index (χ4n) is 1.54. The fraction of sp³-hybridized carbons (Fsp3) is 0.154. The second kappa shape index (κ2) is 5.78. The lowest BCUT2D eigenvalue weighted by Gasteiger charge is -2.07. The van der Waals surface area contributed by atoms with Crippen LogP contribution in [0.5, 0.6) is 11.6 Å². The molecule has 2 N–H and O–H groups in total. The zero-order chi connectivity index (χ0) is 14.8. The Morgan fingerprint density at radius 3 is 2.40 bits per heavy atom. The summed E-state index contributed by atoms with van der Waals surface area (Å²) in [6.07, 6.45) is 1.15. The Labute approximate surface area is 122 Å². The lowest BCUT2D eigenvalue weighted by molar-refractivity contribution is 0.460.